The molecule has 1 fully saturated rings. The fraction of sp³-hybridized carbons (Fsp3) is 0.333. The Morgan fingerprint density at radius 3 is 2.66 bits per heavy atom. The number of amides is 1. The first-order valence-corrected chi connectivity index (χ1v) is 12.5. The molecular weight excluding hydrogens is 424 g/mol. The smallest absolute Gasteiger partial charge is 0.255 e. The third-order valence-electron chi connectivity index (χ3n) is 5.69. The minimum absolute atomic E-state index is 0.0746. The topological polar surface area (TPSA) is 91.4 Å². The lowest BCUT2D eigenvalue weighted by atomic mass is 10.0. The average Bonchev–Trinajstić information content (AvgIpc) is 2.83. The molecule has 2 N–H and O–H groups in total. The lowest BCUT2D eigenvalue weighted by Crippen LogP contribution is -2.29. The van der Waals surface area contributed by atoms with Crippen LogP contribution in [0, 0.1) is 0 Å². The molecule has 0 spiro atoms. The molecular formula is C24H28N4O3S. The highest BCUT2D eigenvalue weighted by Gasteiger charge is 2.18. The third-order valence-corrected chi connectivity index (χ3v) is 7.15. The maximum Gasteiger partial charge on any atom is 0.255 e. The molecule has 1 aliphatic heterocycles. The number of sulfonamides is 1. The van der Waals surface area contributed by atoms with E-state index >= 15 is 0 Å². The van der Waals surface area contributed by atoms with Crippen molar-refractivity contribution in [1.82, 2.24) is 9.71 Å². The predicted molar refractivity (Wildman–Crippen MR) is 128 cm³/mol. The fourth-order valence-electron chi connectivity index (χ4n) is 4.01. The Hall–Kier alpha value is -2.97. The maximum absolute atomic E-state index is 13.0. The van der Waals surface area contributed by atoms with Crippen LogP contribution >= 0.6 is 0 Å². The van der Waals surface area contributed by atoms with Gasteiger partial charge in [0.15, 0.2) is 0 Å². The summed E-state index contributed by atoms with van der Waals surface area (Å²) in [6, 6.07) is 12.0. The molecule has 1 aromatic heterocycles. The zero-order valence-corrected chi connectivity index (χ0v) is 19.0. The van der Waals surface area contributed by atoms with Crippen molar-refractivity contribution in [2.45, 2.75) is 37.5 Å². The van der Waals surface area contributed by atoms with Gasteiger partial charge in [0, 0.05) is 54.1 Å². The molecule has 32 heavy (non-hydrogen) atoms. The normalized spacial score (nSPS) is 14.5. The fourth-order valence-corrected chi connectivity index (χ4v) is 5.19. The zero-order valence-electron chi connectivity index (χ0n) is 18.2. The summed E-state index contributed by atoms with van der Waals surface area (Å²) in [6.07, 6.45) is 7.82. The Bertz CT molecular complexity index is 1220. The maximum atomic E-state index is 13.0. The van der Waals surface area contributed by atoms with Gasteiger partial charge in [0.05, 0.1) is 10.6 Å². The minimum atomic E-state index is -3.65. The van der Waals surface area contributed by atoms with Gasteiger partial charge in [0.2, 0.25) is 10.0 Å². The Labute approximate surface area is 188 Å². The number of aromatic nitrogens is 1. The van der Waals surface area contributed by atoms with Gasteiger partial charge in [-0.25, -0.2) is 13.1 Å². The van der Waals surface area contributed by atoms with Crippen LogP contribution < -0.4 is 14.9 Å². The van der Waals surface area contributed by atoms with Crippen molar-refractivity contribution in [2.24, 2.45) is 0 Å². The first-order chi connectivity index (χ1) is 15.5. The summed E-state index contributed by atoms with van der Waals surface area (Å²) in [6.45, 7) is 4.29. The van der Waals surface area contributed by atoms with Crippen LogP contribution in [0.15, 0.2) is 59.8 Å². The van der Waals surface area contributed by atoms with E-state index in [1.54, 1.807) is 24.5 Å². The number of anilines is 2. The number of rotatable bonds is 7. The van der Waals surface area contributed by atoms with Gasteiger partial charge in [-0.2, -0.15) is 0 Å². The van der Waals surface area contributed by atoms with Gasteiger partial charge < -0.3 is 10.2 Å². The lowest BCUT2D eigenvalue weighted by molar-refractivity contribution is 0.102. The van der Waals surface area contributed by atoms with Crippen LogP contribution in [-0.2, 0) is 10.0 Å². The largest absolute Gasteiger partial charge is 0.371 e. The molecule has 4 rings (SSSR count). The summed E-state index contributed by atoms with van der Waals surface area (Å²) in [4.78, 5) is 19.7. The van der Waals surface area contributed by atoms with E-state index in [9.17, 15) is 13.2 Å². The van der Waals surface area contributed by atoms with Crippen molar-refractivity contribution in [3.8, 4) is 0 Å². The van der Waals surface area contributed by atoms with Gasteiger partial charge in [-0.05, 0) is 62.1 Å². The molecule has 168 valence electrons. The Balaban J connectivity index is 1.62. The Morgan fingerprint density at radius 1 is 1.06 bits per heavy atom. The van der Waals surface area contributed by atoms with E-state index in [2.05, 4.69) is 19.9 Å². The van der Waals surface area contributed by atoms with Crippen LogP contribution in [0.2, 0.25) is 0 Å². The molecule has 8 heteroatoms. The van der Waals surface area contributed by atoms with E-state index < -0.39 is 10.0 Å². The van der Waals surface area contributed by atoms with Crippen LogP contribution in [0.3, 0.4) is 0 Å². The molecule has 7 nitrogen and oxygen atoms in total. The monoisotopic (exact) mass is 452 g/mol. The van der Waals surface area contributed by atoms with Gasteiger partial charge in [0.1, 0.15) is 0 Å². The second-order valence-corrected chi connectivity index (χ2v) is 9.75. The van der Waals surface area contributed by atoms with Crippen molar-refractivity contribution in [2.75, 3.05) is 29.9 Å². The number of nitrogens with zero attached hydrogens (tertiary/aromatic N) is 2. The number of carbonyl (C=O) groups is 1. The zero-order chi connectivity index (χ0) is 22.6. The van der Waals surface area contributed by atoms with Gasteiger partial charge in [-0.1, -0.05) is 13.0 Å². The lowest BCUT2D eigenvalue weighted by Gasteiger charge is -2.30. The number of fused-ring (bicyclic) bond motifs is 1. The van der Waals surface area contributed by atoms with Crippen LogP contribution in [0.4, 0.5) is 11.4 Å². The molecule has 0 atom stereocenters. The van der Waals surface area contributed by atoms with E-state index in [1.165, 1.54) is 31.4 Å². The van der Waals surface area contributed by atoms with Crippen LogP contribution in [-0.4, -0.2) is 38.9 Å². The number of piperidine rings is 1. The summed E-state index contributed by atoms with van der Waals surface area (Å²) < 4.78 is 27.4. The number of carbonyl (C=O) groups excluding carboxylic acids is 1. The van der Waals surface area contributed by atoms with Crippen molar-refractivity contribution >= 4 is 38.1 Å². The molecule has 0 bridgehead atoms. The molecule has 1 amide bonds. The van der Waals surface area contributed by atoms with E-state index in [4.69, 9.17) is 0 Å². The van der Waals surface area contributed by atoms with E-state index in [0.29, 0.717) is 18.7 Å². The molecule has 0 aliphatic carbocycles. The van der Waals surface area contributed by atoms with E-state index in [1.807, 2.05) is 25.1 Å². The molecule has 0 radical (unpaired) electrons. The number of hydrogen-bond acceptors (Lipinski definition) is 5. The highest BCUT2D eigenvalue weighted by Crippen LogP contribution is 2.33. The first-order valence-electron chi connectivity index (χ1n) is 11.0. The summed E-state index contributed by atoms with van der Waals surface area (Å²) in [7, 11) is -3.65. The first kappa shape index (κ1) is 22.2. The summed E-state index contributed by atoms with van der Waals surface area (Å²) in [5.41, 5.74) is 2.08. The van der Waals surface area contributed by atoms with Gasteiger partial charge in [-0.15, -0.1) is 0 Å². The van der Waals surface area contributed by atoms with Crippen molar-refractivity contribution in [3.63, 3.8) is 0 Å². The number of benzene rings is 2. The molecule has 1 aliphatic rings. The number of pyridine rings is 1. The van der Waals surface area contributed by atoms with Crippen LogP contribution in [0.1, 0.15) is 43.0 Å². The molecule has 2 heterocycles. The summed E-state index contributed by atoms with van der Waals surface area (Å²) in [5.74, 6) is -0.367. The van der Waals surface area contributed by atoms with Crippen molar-refractivity contribution in [3.05, 3.63) is 60.4 Å². The highest BCUT2D eigenvalue weighted by atomic mass is 32.2. The van der Waals surface area contributed by atoms with Crippen molar-refractivity contribution < 1.29 is 13.2 Å². The second kappa shape index (κ2) is 9.67. The molecule has 0 unspecified atom stereocenters. The second-order valence-electron chi connectivity index (χ2n) is 7.98. The minimum Gasteiger partial charge on any atom is -0.371 e. The Kier molecular flexibility index (Phi) is 6.72. The molecule has 0 saturated carbocycles. The van der Waals surface area contributed by atoms with E-state index in [-0.39, 0.29) is 16.4 Å². The van der Waals surface area contributed by atoms with Crippen LogP contribution in [0.5, 0.6) is 0 Å². The summed E-state index contributed by atoms with van der Waals surface area (Å²) in [5, 5.41) is 4.84. The molecule has 3 aromatic rings. The number of hydrogen-bond donors (Lipinski definition) is 2. The average molecular weight is 453 g/mol. The highest BCUT2D eigenvalue weighted by molar-refractivity contribution is 7.89. The van der Waals surface area contributed by atoms with Gasteiger partial charge in [-0.3, -0.25) is 9.78 Å². The molecule has 1 saturated heterocycles. The van der Waals surface area contributed by atoms with E-state index in [0.717, 1.165) is 29.5 Å². The SMILES string of the molecule is CCCNS(=O)(=O)c1cccc(C(=O)Nc2ccc(N3CCCCC3)c3ccncc23)c1. The van der Waals surface area contributed by atoms with Gasteiger partial charge >= 0.3 is 0 Å². The third kappa shape index (κ3) is 4.76. The Morgan fingerprint density at radius 2 is 1.88 bits per heavy atom. The predicted octanol–water partition coefficient (Wildman–Crippen LogP) is 4.17. The summed E-state index contributed by atoms with van der Waals surface area (Å²) >= 11 is 0. The standard InChI is InChI=1S/C24H28N4O3S/c1-2-12-26-32(30,31)19-8-6-7-18(16-19)24(29)27-22-9-10-23(28-14-4-3-5-15-28)20-11-13-25-17-21(20)22/h6-11,13,16-17,26H,2-5,12,14-15H2,1H3,(H,27,29). The van der Waals surface area contributed by atoms with Crippen LogP contribution in [0.25, 0.3) is 10.8 Å². The van der Waals surface area contributed by atoms with Crippen molar-refractivity contribution in [1.29, 1.82) is 0 Å². The molecule has 2 aromatic carbocycles. The number of nitrogens with one attached hydrogen (secondary N) is 2. The van der Waals surface area contributed by atoms with Gasteiger partial charge in [0.25, 0.3) is 5.91 Å². The quantitative estimate of drug-likeness (QED) is 0.562.